The Bertz CT molecular complexity index is 446. The number of nitrogens with zero attached hydrogens (tertiary/aromatic N) is 2. The molecule has 2 rings (SSSR count). The maximum absolute atomic E-state index is 12.3. The Labute approximate surface area is 124 Å². The third-order valence-corrected chi connectivity index (χ3v) is 4.82. The standard InChI is InChI=1S/C15H22N2O2S/c1-3-16(4-2)15(19)17-9-7-12(8-10-17)14(18)13-6-5-11-20-13/h5-6,11-12H,3-4,7-10H2,1-2H3. The van der Waals surface area contributed by atoms with Gasteiger partial charge in [0.2, 0.25) is 0 Å². The smallest absolute Gasteiger partial charge is 0.319 e. The molecule has 2 heterocycles. The molecule has 1 fully saturated rings. The van der Waals surface area contributed by atoms with Gasteiger partial charge in [0.1, 0.15) is 0 Å². The minimum Gasteiger partial charge on any atom is -0.325 e. The van der Waals surface area contributed by atoms with Crippen LogP contribution in [0.15, 0.2) is 17.5 Å². The van der Waals surface area contributed by atoms with Crippen LogP contribution in [0.25, 0.3) is 0 Å². The third kappa shape index (κ3) is 3.20. The molecule has 0 spiro atoms. The first-order chi connectivity index (χ1) is 9.67. The van der Waals surface area contributed by atoms with Gasteiger partial charge in [0.05, 0.1) is 4.88 Å². The van der Waals surface area contributed by atoms with E-state index in [1.54, 1.807) is 0 Å². The number of urea groups is 1. The van der Waals surface area contributed by atoms with Crippen molar-refractivity contribution in [1.82, 2.24) is 9.80 Å². The first kappa shape index (κ1) is 15.0. The van der Waals surface area contributed by atoms with Crippen molar-refractivity contribution in [3.05, 3.63) is 22.4 Å². The second-order valence-corrected chi connectivity index (χ2v) is 6.01. The lowest BCUT2D eigenvalue weighted by Gasteiger charge is -2.34. The highest BCUT2D eigenvalue weighted by molar-refractivity contribution is 7.12. The molecule has 1 aliphatic rings. The van der Waals surface area contributed by atoms with Gasteiger partial charge in [-0.05, 0) is 38.1 Å². The average molecular weight is 294 g/mol. The van der Waals surface area contributed by atoms with Gasteiger partial charge in [-0.2, -0.15) is 0 Å². The molecule has 110 valence electrons. The predicted molar refractivity (Wildman–Crippen MR) is 81.3 cm³/mol. The van der Waals surface area contributed by atoms with Crippen molar-refractivity contribution in [2.75, 3.05) is 26.2 Å². The van der Waals surface area contributed by atoms with Crippen LogP contribution < -0.4 is 0 Å². The van der Waals surface area contributed by atoms with Crippen LogP contribution in [-0.4, -0.2) is 47.8 Å². The molecule has 0 radical (unpaired) electrons. The van der Waals surface area contributed by atoms with Crippen molar-refractivity contribution in [3.63, 3.8) is 0 Å². The summed E-state index contributed by atoms with van der Waals surface area (Å²) in [4.78, 5) is 29.1. The number of amides is 2. The molecule has 0 N–H and O–H groups in total. The van der Waals surface area contributed by atoms with E-state index in [-0.39, 0.29) is 17.7 Å². The van der Waals surface area contributed by atoms with E-state index in [4.69, 9.17) is 0 Å². The first-order valence-corrected chi connectivity index (χ1v) is 8.16. The number of likely N-dealkylation sites (tertiary alicyclic amines) is 1. The summed E-state index contributed by atoms with van der Waals surface area (Å²) in [5, 5.41) is 1.94. The van der Waals surface area contributed by atoms with E-state index in [0.717, 1.165) is 30.8 Å². The lowest BCUT2D eigenvalue weighted by atomic mass is 9.92. The van der Waals surface area contributed by atoms with Crippen LogP contribution in [0.2, 0.25) is 0 Å². The van der Waals surface area contributed by atoms with E-state index in [2.05, 4.69) is 0 Å². The molecule has 0 atom stereocenters. The number of rotatable bonds is 4. The normalized spacial score (nSPS) is 16.2. The molecule has 1 aromatic rings. The van der Waals surface area contributed by atoms with Gasteiger partial charge in [0.25, 0.3) is 0 Å². The van der Waals surface area contributed by atoms with E-state index in [1.165, 1.54) is 11.3 Å². The van der Waals surface area contributed by atoms with E-state index in [0.29, 0.717) is 13.1 Å². The van der Waals surface area contributed by atoms with Crippen molar-refractivity contribution >= 4 is 23.2 Å². The Morgan fingerprint density at radius 2 is 1.95 bits per heavy atom. The van der Waals surface area contributed by atoms with E-state index < -0.39 is 0 Å². The van der Waals surface area contributed by atoms with Gasteiger partial charge < -0.3 is 9.80 Å². The van der Waals surface area contributed by atoms with Crippen molar-refractivity contribution in [2.45, 2.75) is 26.7 Å². The van der Waals surface area contributed by atoms with Crippen molar-refractivity contribution in [1.29, 1.82) is 0 Å². The maximum atomic E-state index is 12.3. The molecular formula is C15H22N2O2S. The molecule has 1 saturated heterocycles. The highest BCUT2D eigenvalue weighted by Gasteiger charge is 2.29. The molecule has 1 aliphatic heterocycles. The minimum atomic E-state index is 0.0782. The van der Waals surface area contributed by atoms with Crippen molar-refractivity contribution in [2.24, 2.45) is 5.92 Å². The number of thiophene rings is 1. The maximum Gasteiger partial charge on any atom is 0.319 e. The van der Waals surface area contributed by atoms with E-state index >= 15 is 0 Å². The minimum absolute atomic E-state index is 0.0782. The van der Waals surface area contributed by atoms with Crippen LogP contribution in [0.5, 0.6) is 0 Å². The summed E-state index contributed by atoms with van der Waals surface area (Å²) in [5.41, 5.74) is 0. The van der Waals surface area contributed by atoms with E-state index in [1.807, 2.05) is 41.2 Å². The summed E-state index contributed by atoms with van der Waals surface area (Å²) >= 11 is 1.51. The Kier molecular flexibility index (Phi) is 5.17. The number of piperidine rings is 1. The van der Waals surface area contributed by atoms with Crippen molar-refractivity contribution < 1.29 is 9.59 Å². The number of hydrogen-bond acceptors (Lipinski definition) is 3. The monoisotopic (exact) mass is 294 g/mol. The van der Waals surface area contributed by atoms with Crippen molar-refractivity contribution in [3.8, 4) is 0 Å². The SMILES string of the molecule is CCN(CC)C(=O)N1CCC(C(=O)c2cccs2)CC1. The number of ketones is 1. The molecule has 1 aromatic heterocycles. The van der Waals surface area contributed by atoms with Gasteiger partial charge in [-0.25, -0.2) is 4.79 Å². The van der Waals surface area contributed by atoms with Gasteiger partial charge in [-0.1, -0.05) is 6.07 Å². The van der Waals surface area contributed by atoms with Gasteiger partial charge in [-0.3, -0.25) is 4.79 Å². The molecule has 0 bridgehead atoms. The molecule has 20 heavy (non-hydrogen) atoms. The highest BCUT2D eigenvalue weighted by atomic mass is 32.1. The molecular weight excluding hydrogens is 272 g/mol. The van der Waals surface area contributed by atoms with Crippen LogP contribution in [0.3, 0.4) is 0 Å². The zero-order valence-electron chi connectivity index (χ0n) is 12.2. The fourth-order valence-corrected chi connectivity index (χ4v) is 3.39. The Balaban J connectivity index is 1.89. The zero-order valence-corrected chi connectivity index (χ0v) is 13.0. The van der Waals surface area contributed by atoms with E-state index in [9.17, 15) is 9.59 Å². The molecule has 0 saturated carbocycles. The van der Waals surface area contributed by atoms with Crippen LogP contribution in [-0.2, 0) is 0 Å². The molecule has 5 heteroatoms. The third-order valence-electron chi connectivity index (χ3n) is 3.93. The molecule has 0 aliphatic carbocycles. The average Bonchev–Trinajstić information content (AvgIpc) is 3.02. The Hall–Kier alpha value is -1.36. The highest BCUT2D eigenvalue weighted by Crippen LogP contribution is 2.24. The quantitative estimate of drug-likeness (QED) is 0.801. The summed E-state index contributed by atoms with van der Waals surface area (Å²) in [6.45, 7) is 6.85. The number of Topliss-reactive ketones (excluding diaryl/α,β-unsaturated/α-hetero) is 1. The summed E-state index contributed by atoms with van der Waals surface area (Å²) in [6, 6.07) is 3.91. The molecule has 2 amide bonds. The van der Waals surface area contributed by atoms with Gasteiger partial charge in [-0.15, -0.1) is 11.3 Å². The Morgan fingerprint density at radius 3 is 2.45 bits per heavy atom. The van der Waals surface area contributed by atoms with Crippen LogP contribution in [0, 0.1) is 5.92 Å². The second kappa shape index (κ2) is 6.88. The first-order valence-electron chi connectivity index (χ1n) is 7.28. The number of carbonyl (C=O) groups excluding carboxylic acids is 2. The predicted octanol–water partition coefficient (Wildman–Crippen LogP) is 3.10. The zero-order chi connectivity index (χ0) is 14.5. The topological polar surface area (TPSA) is 40.6 Å². The summed E-state index contributed by atoms with van der Waals surface area (Å²) in [5.74, 6) is 0.323. The summed E-state index contributed by atoms with van der Waals surface area (Å²) in [7, 11) is 0. The van der Waals surface area contributed by atoms with Gasteiger partial charge in [0, 0.05) is 32.1 Å². The fraction of sp³-hybridized carbons (Fsp3) is 0.600. The lowest BCUT2D eigenvalue weighted by molar-refractivity contribution is 0.0840. The van der Waals surface area contributed by atoms with Gasteiger partial charge in [0.15, 0.2) is 5.78 Å². The fourth-order valence-electron chi connectivity index (χ4n) is 2.65. The molecule has 0 aromatic carbocycles. The van der Waals surface area contributed by atoms with Crippen LogP contribution >= 0.6 is 11.3 Å². The second-order valence-electron chi connectivity index (χ2n) is 5.06. The van der Waals surface area contributed by atoms with Gasteiger partial charge >= 0.3 is 6.03 Å². The number of hydrogen-bond donors (Lipinski definition) is 0. The number of carbonyl (C=O) groups is 2. The van der Waals surface area contributed by atoms with Crippen LogP contribution in [0.1, 0.15) is 36.4 Å². The summed E-state index contributed by atoms with van der Waals surface area (Å²) in [6.07, 6.45) is 1.56. The summed E-state index contributed by atoms with van der Waals surface area (Å²) < 4.78 is 0. The molecule has 0 unspecified atom stereocenters. The lowest BCUT2D eigenvalue weighted by Crippen LogP contribution is -2.47. The Morgan fingerprint density at radius 1 is 1.30 bits per heavy atom. The molecule has 4 nitrogen and oxygen atoms in total. The van der Waals surface area contributed by atoms with Crippen LogP contribution in [0.4, 0.5) is 4.79 Å². The largest absolute Gasteiger partial charge is 0.325 e.